The highest BCUT2D eigenvalue weighted by molar-refractivity contribution is 6.02. The van der Waals surface area contributed by atoms with Gasteiger partial charge in [0, 0.05) is 17.7 Å². The van der Waals surface area contributed by atoms with Crippen molar-refractivity contribution in [2.24, 2.45) is 5.73 Å². The van der Waals surface area contributed by atoms with Crippen LogP contribution in [0.25, 0.3) is 0 Å². The predicted molar refractivity (Wildman–Crippen MR) is 66.8 cm³/mol. The van der Waals surface area contributed by atoms with Crippen LogP contribution in [0.5, 0.6) is 0 Å². The Bertz CT molecular complexity index is 391. The van der Waals surface area contributed by atoms with Gasteiger partial charge in [-0.05, 0) is 12.1 Å². The van der Waals surface area contributed by atoms with Gasteiger partial charge in [0.05, 0.1) is 0 Å². The molecule has 0 saturated carbocycles. The molecule has 0 bridgehead atoms. The van der Waals surface area contributed by atoms with Gasteiger partial charge in [-0.2, -0.15) is 0 Å². The Morgan fingerprint density at radius 1 is 1.29 bits per heavy atom. The first kappa shape index (κ1) is 15.1. The number of carboxylic acids is 1. The number of hydrogen-bond donors (Lipinski definition) is 3. The van der Waals surface area contributed by atoms with E-state index in [1.807, 2.05) is 13.8 Å². The largest absolute Gasteiger partial charge is 0.480 e. The van der Waals surface area contributed by atoms with Gasteiger partial charge in [0.15, 0.2) is 5.78 Å². The minimum absolute atomic E-state index is 0.246. The molecule has 5 heteroatoms. The number of hydrogen-bond acceptors (Lipinski definition) is 4. The minimum atomic E-state index is -1.20. The van der Waals surface area contributed by atoms with Gasteiger partial charge in [0.1, 0.15) is 6.04 Å². The van der Waals surface area contributed by atoms with Gasteiger partial charge in [0.25, 0.3) is 0 Å². The zero-order valence-electron chi connectivity index (χ0n) is 10.0. The molecule has 0 radical (unpaired) electrons. The van der Waals surface area contributed by atoms with E-state index in [0.29, 0.717) is 11.3 Å². The molecule has 0 aromatic heterocycles. The van der Waals surface area contributed by atoms with Gasteiger partial charge in [-0.3, -0.25) is 9.59 Å². The fraction of sp³-hybridized carbons (Fsp3) is 0.333. The van der Waals surface area contributed by atoms with Crippen molar-refractivity contribution in [2.45, 2.75) is 26.3 Å². The molecule has 5 nitrogen and oxygen atoms in total. The summed E-state index contributed by atoms with van der Waals surface area (Å²) in [7, 11) is 0. The molecule has 1 rings (SSSR count). The van der Waals surface area contributed by atoms with Crippen LogP contribution >= 0.6 is 0 Å². The molecule has 0 aliphatic rings. The summed E-state index contributed by atoms with van der Waals surface area (Å²) in [5, 5.41) is 8.54. The highest BCUT2D eigenvalue weighted by atomic mass is 16.4. The smallest absolute Gasteiger partial charge is 0.320 e. The number of carbonyl (C=O) groups excluding carboxylic acids is 1. The van der Waals surface area contributed by atoms with Crippen molar-refractivity contribution in [3.63, 3.8) is 0 Å². The van der Waals surface area contributed by atoms with E-state index in [0.717, 1.165) is 0 Å². The first-order valence-electron chi connectivity index (χ1n) is 5.38. The average Bonchev–Trinajstić information content (AvgIpc) is 2.31. The summed E-state index contributed by atoms with van der Waals surface area (Å²) in [5.41, 5.74) is 11.5. The van der Waals surface area contributed by atoms with Gasteiger partial charge in [0.2, 0.25) is 0 Å². The standard InChI is InChI=1S/C10H12N2O3.C2H6/c11-7-4-2-1-3-6(7)9(13)5-8(12)10(14)15;1-2/h1-4,8H,5,11-12H2,(H,14,15);1-2H3. The molecule has 0 amide bonds. The number of aliphatic carboxylic acids is 1. The summed E-state index contributed by atoms with van der Waals surface area (Å²) < 4.78 is 0. The summed E-state index contributed by atoms with van der Waals surface area (Å²) in [6, 6.07) is 5.31. The van der Waals surface area contributed by atoms with E-state index < -0.39 is 12.0 Å². The SMILES string of the molecule is CC.Nc1ccccc1C(=O)CC(N)C(=O)O. The van der Waals surface area contributed by atoms with E-state index in [1.165, 1.54) is 0 Å². The molecule has 1 aromatic rings. The van der Waals surface area contributed by atoms with E-state index in [2.05, 4.69) is 0 Å². The lowest BCUT2D eigenvalue weighted by Gasteiger charge is -2.07. The van der Waals surface area contributed by atoms with Crippen molar-refractivity contribution in [1.82, 2.24) is 0 Å². The van der Waals surface area contributed by atoms with Crippen LogP contribution in [0.15, 0.2) is 24.3 Å². The highest BCUT2D eigenvalue weighted by Crippen LogP contribution is 2.13. The van der Waals surface area contributed by atoms with Crippen molar-refractivity contribution < 1.29 is 14.7 Å². The molecular weight excluding hydrogens is 220 g/mol. The average molecular weight is 238 g/mol. The number of anilines is 1. The number of carbonyl (C=O) groups is 2. The first-order valence-corrected chi connectivity index (χ1v) is 5.38. The zero-order valence-corrected chi connectivity index (χ0v) is 10.0. The molecule has 1 aromatic carbocycles. The highest BCUT2D eigenvalue weighted by Gasteiger charge is 2.18. The molecule has 0 saturated heterocycles. The Morgan fingerprint density at radius 3 is 2.29 bits per heavy atom. The third kappa shape index (κ3) is 4.65. The number of nitrogens with two attached hydrogens (primary N) is 2. The molecule has 0 spiro atoms. The van der Waals surface area contributed by atoms with Crippen molar-refractivity contribution in [1.29, 1.82) is 0 Å². The van der Waals surface area contributed by atoms with Crippen molar-refractivity contribution >= 4 is 17.4 Å². The van der Waals surface area contributed by atoms with Crippen LogP contribution < -0.4 is 11.5 Å². The Balaban J connectivity index is 0.00000121. The number of nitrogen functional groups attached to an aromatic ring is 1. The van der Waals surface area contributed by atoms with Crippen LogP contribution in [0, 0.1) is 0 Å². The lowest BCUT2D eigenvalue weighted by Crippen LogP contribution is -2.32. The molecule has 1 unspecified atom stereocenters. The van der Waals surface area contributed by atoms with Crippen LogP contribution in [0.4, 0.5) is 5.69 Å². The molecular formula is C12H18N2O3. The van der Waals surface area contributed by atoms with Crippen LogP contribution in [0.3, 0.4) is 0 Å². The number of ketones is 1. The van der Waals surface area contributed by atoms with Crippen LogP contribution in [-0.2, 0) is 4.79 Å². The quantitative estimate of drug-likeness (QED) is 0.541. The Labute approximate surface area is 100 Å². The van der Waals surface area contributed by atoms with Crippen LogP contribution in [-0.4, -0.2) is 22.9 Å². The molecule has 0 heterocycles. The minimum Gasteiger partial charge on any atom is -0.480 e. The second kappa shape index (κ2) is 7.40. The summed E-state index contributed by atoms with van der Waals surface area (Å²) in [5.74, 6) is -1.55. The van der Waals surface area contributed by atoms with Crippen molar-refractivity contribution in [3.05, 3.63) is 29.8 Å². The molecule has 5 N–H and O–H groups in total. The monoisotopic (exact) mass is 238 g/mol. The summed E-state index contributed by atoms with van der Waals surface area (Å²) in [6.45, 7) is 4.00. The first-order chi connectivity index (χ1) is 8.02. The van der Waals surface area contributed by atoms with Gasteiger partial charge in [-0.25, -0.2) is 0 Å². The predicted octanol–water partition coefficient (Wildman–Crippen LogP) is 1.28. The second-order valence-electron chi connectivity index (χ2n) is 3.16. The third-order valence-electron chi connectivity index (χ3n) is 1.98. The topological polar surface area (TPSA) is 106 Å². The van der Waals surface area contributed by atoms with Crippen LogP contribution in [0.2, 0.25) is 0 Å². The summed E-state index contributed by atoms with van der Waals surface area (Å²) in [6.07, 6.45) is -0.246. The van der Waals surface area contributed by atoms with Gasteiger partial charge in [-0.1, -0.05) is 26.0 Å². The number of rotatable bonds is 4. The number of benzene rings is 1. The molecule has 0 fully saturated rings. The second-order valence-corrected chi connectivity index (χ2v) is 3.16. The molecule has 0 aliphatic carbocycles. The fourth-order valence-corrected chi connectivity index (χ4v) is 1.15. The number of carboxylic acid groups (broad SMARTS) is 1. The third-order valence-corrected chi connectivity index (χ3v) is 1.98. The van der Waals surface area contributed by atoms with Gasteiger partial charge < -0.3 is 16.6 Å². The van der Waals surface area contributed by atoms with E-state index >= 15 is 0 Å². The van der Waals surface area contributed by atoms with E-state index in [1.54, 1.807) is 24.3 Å². The van der Waals surface area contributed by atoms with Gasteiger partial charge in [-0.15, -0.1) is 0 Å². The Hall–Kier alpha value is -1.88. The summed E-state index contributed by atoms with van der Waals surface area (Å²) in [4.78, 5) is 22.0. The molecule has 94 valence electrons. The normalized spacial score (nSPS) is 11.0. The lowest BCUT2D eigenvalue weighted by molar-refractivity contribution is -0.138. The lowest BCUT2D eigenvalue weighted by atomic mass is 10.0. The maximum Gasteiger partial charge on any atom is 0.320 e. The van der Waals surface area contributed by atoms with E-state index in [9.17, 15) is 9.59 Å². The molecule has 17 heavy (non-hydrogen) atoms. The van der Waals surface area contributed by atoms with Crippen molar-refractivity contribution in [3.8, 4) is 0 Å². The van der Waals surface area contributed by atoms with E-state index in [4.69, 9.17) is 16.6 Å². The van der Waals surface area contributed by atoms with E-state index in [-0.39, 0.29) is 12.2 Å². The van der Waals surface area contributed by atoms with Crippen molar-refractivity contribution in [2.75, 3.05) is 5.73 Å². The summed E-state index contributed by atoms with van der Waals surface area (Å²) >= 11 is 0. The maximum absolute atomic E-state index is 11.6. The number of para-hydroxylation sites is 1. The molecule has 0 aliphatic heterocycles. The van der Waals surface area contributed by atoms with Gasteiger partial charge >= 0.3 is 5.97 Å². The molecule has 1 atom stereocenters. The maximum atomic E-state index is 11.6. The fourth-order valence-electron chi connectivity index (χ4n) is 1.15. The number of Topliss-reactive ketones (excluding diaryl/α,β-unsaturated/α-hetero) is 1. The Kier molecular flexibility index (Phi) is 6.58. The zero-order chi connectivity index (χ0) is 13.4. The van der Waals surface area contributed by atoms with Crippen LogP contribution in [0.1, 0.15) is 30.6 Å². The Morgan fingerprint density at radius 2 is 1.82 bits per heavy atom.